The molecule has 2 aliphatic rings. The minimum atomic E-state index is -0.00104. The highest BCUT2D eigenvalue weighted by atomic mass is 35.5. The Bertz CT molecular complexity index is 1090. The van der Waals surface area contributed by atoms with Crippen LogP contribution in [-0.2, 0) is 11.8 Å². The average molecular weight is 415 g/mol. The number of likely N-dealkylation sites (tertiary alicyclic amines) is 1. The number of carbonyl (C=O) groups is 1. The molecule has 3 aromatic heterocycles. The molecule has 9 heteroatoms. The van der Waals surface area contributed by atoms with Crippen LogP contribution in [0.1, 0.15) is 12.0 Å². The first-order valence-corrected chi connectivity index (χ1v) is 9.45. The number of aryl methyl sites for hydroxylation is 2. The SMILES string of the molecule is C=CC(=O)N1C[C@H]2C[C@@H](Oc3nc(-c4cnn(C)c4)cn4ncc(C)c34)[C@H]2C1.Cl. The molecule has 1 aliphatic heterocycles. The van der Waals surface area contributed by atoms with Crippen LogP contribution in [0.4, 0.5) is 0 Å². The lowest BCUT2D eigenvalue weighted by atomic mass is 9.73. The fraction of sp³-hybridized carbons (Fsp3) is 0.400. The van der Waals surface area contributed by atoms with Gasteiger partial charge in [-0.1, -0.05) is 6.58 Å². The summed E-state index contributed by atoms with van der Waals surface area (Å²) in [5.41, 5.74) is 3.58. The third kappa shape index (κ3) is 3.17. The zero-order valence-corrected chi connectivity index (χ0v) is 17.2. The second kappa shape index (κ2) is 7.18. The largest absolute Gasteiger partial charge is 0.472 e. The number of nitrogens with zero attached hydrogens (tertiary/aromatic N) is 6. The second-order valence-corrected chi connectivity index (χ2v) is 7.72. The Labute approximate surface area is 174 Å². The summed E-state index contributed by atoms with van der Waals surface area (Å²) in [5.74, 6) is 1.43. The summed E-state index contributed by atoms with van der Waals surface area (Å²) in [5, 5.41) is 8.67. The number of fused-ring (bicyclic) bond motifs is 2. The van der Waals surface area contributed by atoms with E-state index in [2.05, 4.69) is 16.8 Å². The maximum Gasteiger partial charge on any atom is 0.245 e. The molecule has 0 aromatic carbocycles. The molecule has 0 bridgehead atoms. The fourth-order valence-electron chi connectivity index (χ4n) is 4.33. The van der Waals surface area contributed by atoms with Crippen molar-refractivity contribution in [2.24, 2.45) is 18.9 Å². The van der Waals surface area contributed by atoms with E-state index in [4.69, 9.17) is 9.72 Å². The van der Waals surface area contributed by atoms with Crippen molar-refractivity contribution in [1.29, 1.82) is 0 Å². The molecule has 8 nitrogen and oxygen atoms in total. The van der Waals surface area contributed by atoms with E-state index in [0.717, 1.165) is 41.8 Å². The van der Waals surface area contributed by atoms with Gasteiger partial charge in [0.2, 0.25) is 11.8 Å². The number of halogens is 1. The van der Waals surface area contributed by atoms with Gasteiger partial charge >= 0.3 is 0 Å². The first kappa shape index (κ1) is 19.4. The topological polar surface area (TPSA) is 77.6 Å². The van der Waals surface area contributed by atoms with Crippen molar-refractivity contribution in [2.75, 3.05) is 13.1 Å². The molecule has 0 radical (unpaired) electrons. The van der Waals surface area contributed by atoms with Crippen molar-refractivity contribution in [3.05, 3.63) is 43.0 Å². The summed E-state index contributed by atoms with van der Waals surface area (Å²) in [6, 6.07) is 0. The lowest BCUT2D eigenvalue weighted by Gasteiger charge is -2.38. The van der Waals surface area contributed by atoms with Crippen molar-refractivity contribution < 1.29 is 9.53 Å². The molecule has 2 fully saturated rings. The summed E-state index contributed by atoms with van der Waals surface area (Å²) in [4.78, 5) is 18.6. The van der Waals surface area contributed by atoms with Crippen LogP contribution in [0.3, 0.4) is 0 Å². The van der Waals surface area contributed by atoms with Gasteiger partial charge in [-0.25, -0.2) is 9.50 Å². The summed E-state index contributed by atoms with van der Waals surface area (Å²) in [6.45, 7) is 7.11. The van der Waals surface area contributed by atoms with E-state index in [1.54, 1.807) is 10.9 Å². The highest BCUT2D eigenvalue weighted by Gasteiger charge is 2.49. The molecule has 1 amide bonds. The van der Waals surface area contributed by atoms with Gasteiger partial charge in [-0.05, 0) is 25.3 Å². The number of hydrogen-bond acceptors (Lipinski definition) is 5. The van der Waals surface area contributed by atoms with E-state index in [1.165, 1.54) is 6.08 Å². The van der Waals surface area contributed by atoms with Gasteiger partial charge in [-0.15, -0.1) is 12.4 Å². The Balaban J connectivity index is 0.00000205. The van der Waals surface area contributed by atoms with Gasteiger partial charge < -0.3 is 9.64 Å². The standard InChI is InChI=1S/C20H22N6O2.ClH/c1-4-18(27)25-9-13-5-17(15(13)10-25)28-20-19-12(2)6-22-26(19)11-16(23-20)14-7-21-24(3)8-14;/h4,6-8,11,13,15,17H,1,5,9-10H2,2-3H3;1H/t13-,15+,17-;/m1./s1. The van der Waals surface area contributed by atoms with Gasteiger partial charge in [0, 0.05) is 43.4 Å². The van der Waals surface area contributed by atoms with Crippen molar-refractivity contribution >= 4 is 23.8 Å². The third-order valence-electron chi connectivity index (χ3n) is 5.90. The predicted octanol–water partition coefficient (Wildman–Crippen LogP) is 2.27. The van der Waals surface area contributed by atoms with Gasteiger partial charge in [0.1, 0.15) is 11.6 Å². The number of ether oxygens (including phenoxy) is 1. The Morgan fingerprint density at radius 3 is 2.83 bits per heavy atom. The lowest BCUT2D eigenvalue weighted by molar-refractivity contribution is -0.125. The molecule has 3 aromatic rings. The highest BCUT2D eigenvalue weighted by Crippen LogP contribution is 2.43. The van der Waals surface area contributed by atoms with Crippen LogP contribution < -0.4 is 4.74 Å². The van der Waals surface area contributed by atoms with Crippen molar-refractivity contribution in [2.45, 2.75) is 19.4 Å². The molecular formula is C20H23ClN6O2. The Morgan fingerprint density at radius 2 is 2.10 bits per heavy atom. The van der Waals surface area contributed by atoms with Crippen LogP contribution in [0.15, 0.2) is 37.4 Å². The lowest BCUT2D eigenvalue weighted by Crippen LogP contribution is -2.44. The maximum absolute atomic E-state index is 11.9. The molecule has 29 heavy (non-hydrogen) atoms. The molecule has 1 saturated carbocycles. The first-order chi connectivity index (χ1) is 13.5. The Hall–Kier alpha value is -2.87. The summed E-state index contributed by atoms with van der Waals surface area (Å²) in [6.07, 6.45) is 9.80. The molecule has 5 rings (SSSR count). The van der Waals surface area contributed by atoms with Crippen molar-refractivity contribution in [3.8, 4) is 17.1 Å². The number of amides is 1. The molecule has 152 valence electrons. The second-order valence-electron chi connectivity index (χ2n) is 7.72. The third-order valence-corrected chi connectivity index (χ3v) is 5.90. The minimum absolute atomic E-state index is 0. The average Bonchev–Trinajstić information content (AvgIpc) is 3.37. The quantitative estimate of drug-likeness (QED) is 0.612. The molecule has 1 aliphatic carbocycles. The Morgan fingerprint density at radius 1 is 1.28 bits per heavy atom. The summed E-state index contributed by atoms with van der Waals surface area (Å²) >= 11 is 0. The predicted molar refractivity (Wildman–Crippen MR) is 110 cm³/mol. The van der Waals surface area contributed by atoms with Crippen molar-refractivity contribution in [3.63, 3.8) is 0 Å². The summed E-state index contributed by atoms with van der Waals surface area (Å²) in [7, 11) is 1.88. The smallest absolute Gasteiger partial charge is 0.245 e. The van der Waals surface area contributed by atoms with E-state index in [9.17, 15) is 4.79 Å². The van der Waals surface area contributed by atoms with Crippen molar-refractivity contribution in [1.82, 2.24) is 29.3 Å². The monoisotopic (exact) mass is 414 g/mol. The molecule has 0 N–H and O–H groups in total. The number of rotatable bonds is 4. The van der Waals surface area contributed by atoms with Crippen LogP contribution in [0, 0.1) is 18.8 Å². The summed E-state index contributed by atoms with van der Waals surface area (Å²) < 4.78 is 9.95. The van der Waals surface area contributed by atoms with Gasteiger partial charge in [0.25, 0.3) is 0 Å². The molecule has 0 spiro atoms. The molecule has 1 saturated heterocycles. The molecule has 3 atom stereocenters. The Kier molecular flexibility index (Phi) is 4.82. The number of hydrogen-bond donors (Lipinski definition) is 0. The maximum atomic E-state index is 11.9. The first-order valence-electron chi connectivity index (χ1n) is 9.45. The van der Waals surface area contributed by atoms with E-state index >= 15 is 0 Å². The van der Waals surface area contributed by atoms with E-state index < -0.39 is 0 Å². The van der Waals surface area contributed by atoms with Gasteiger partial charge in [-0.3, -0.25) is 9.48 Å². The molecule has 4 heterocycles. The van der Waals surface area contributed by atoms with Crippen LogP contribution in [0.25, 0.3) is 16.8 Å². The molecule has 0 unspecified atom stereocenters. The zero-order valence-electron chi connectivity index (χ0n) is 16.4. The highest BCUT2D eigenvalue weighted by molar-refractivity contribution is 5.87. The van der Waals surface area contributed by atoms with Crippen LogP contribution in [0.2, 0.25) is 0 Å². The van der Waals surface area contributed by atoms with Gasteiger partial charge in [0.15, 0.2) is 0 Å². The van der Waals surface area contributed by atoms with Crippen LogP contribution in [0.5, 0.6) is 5.88 Å². The fourth-order valence-corrected chi connectivity index (χ4v) is 4.33. The zero-order chi connectivity index (χ0) is 19.4. The van der Waals surface area contributed by atoms with E-state index in [1.807, 2.05) is 42.0 Å². The number of carbonyl (C=O) groups excluding carboxylic acids is 1. The minimum Gasteiger partial charge on any atom is -0.472 e. The van der Waals surface area contributed by atoms with Crippen LogP contribution in [-0.4, -0.2) is 54.4 Å². The normalized spacial score (nSPS) is 22.7. The van der Waals surface area contributed by atoms with E-state index in [-0.39, 0.29) is 24.4 Å². The van der Waals surface area contributed by atoms with Gasteiger partial charge in [-0.2, -0.15) is 10.2 Å². The molecular weight excluding hydrogens is 392 g/mol. The van der Waals surface area contributed by atoms with Gasteiger partial charge in [0.05, 0.1) is 24.3 Å². The number of aromatic nitrogens is 5. The van der Waals surface area contributed by atoms with Crippen LogP contribution >= 0.6 is 12.4 Å². The van der Waals surface area contributed by atoms with E-state index in [0.29, 0.717) is 17.7 Å².